The molecule has 2 heteroatoms. The van der Waals surface area contributed by atoms with Gasteiger partial charge in [0.15, 0.2) is 0 Å². The Kier molecular flexibility index (Phi) is 7.21. The maximum atomic E-state index is 2.51. The molecule has 0 atom stereocenters. The molecule has 244 valence electrons. The molecule has 0 bridgehead atoms. The van der Waals surface area contributed by atoms with Crippen LogP contribution in [0.1, 0.15) is 77.6 Å². The molecule has 0 N–H and O–H groups in total. The first kappa shape index (κ1) is 31.6. The minimum atomic E-state index is -0.123. The Hall–Kier alpha value is -4.66. The second-order valence-electron chi connectivity index (χ2n) is 16.3. The third kappa shape index (κ3) is 5.11. The molecule has 49 heavy (non-hydrogen) atoms. The first-order valence-electron chi connectivity index (χ1n) is 17.5. The van der Waals surface area contributed by atoms with Gasteiger partial charge in [-0.15, -0.1) is 11.3 Å². The Morgan fingerprint density at radius 3 is 1.94 bits per heavy atom. The molecule has 0 spiro atoms. The molecule has 0 unspecified atom stereocenters. The number of nitrogens with zero attached hydrogens (tertiary/aromatic N) is 1. The Labute approximate surface area is 295 Å². The van der Waals surface area contributed by atoms with Crippen molar-refractivity contribution >= 4 is 48.6 Å². The number of thiophene rings is 1. The highest BCUT2D eigenvalue weighted by Crippen LogP contribution is 2.57. The number of fused-ring (bicyclic) bond motifs is 6. The summed E-state index contributed by atoms with van der Waals surface area (Å²) in [6, 6.07) is 47.6. The van der Waals surface area contributed by atoms with Crippen molar-refractivity contribution in [1.82, 2.24) is 0 Å². The maximum absolute atomic E-state index is 2.51. The molecular weight excluding hydrogens is 611 g/mol. The lowest BCUT2D eigenvalue weighted by Gasteiger charge is -2.30. The predicted octanol–water partition coefficient (Wildman–Crippen LogP) is 14.1. The van der Waals surface area contributed by atoms with Gasteiger partial charge in [0.25, 0.3) is 0 Å². The van der Waals surface area contributed by atoms with Gasteiger partial charge >= 0.3 is 0 Å². The fourth-order valence-electron chi connectivity index (χ4n) is 7.90. The quantitative estimate of drug-likeness (QED) is 0.182. The predicted molar refractivity (Wildman–Crippen MR) is 214 cm³/mol. The summed E-state index contributed by atoms with van der Waals surface area (Å²) in [5.74, 6) is 0. The molecule has 1 nitrogen and oxygen atoms in total. The zero-order chi connectivity index (χ0) is 34.3. The molecule has 0 radical (unpaired) electrons. The van der Waals surface area contributed by atoms with Crippen LogP contribution in [0.2, 0.25) is 0 Å². The van der Waals surface area contributed by atoms with Gasteiger partial charge in [0.1, 0.15) is 0 Å². The molecule has 8 rings (SSSR count). The van der Waals surface area contributed by atoms with Crippen LogP contribution >= 0.6 is 11.3 Å². The first-order valence-corrected chi connectivity index (χ1v) is 18.3. The van der Waals surface area contributed by atoms with Crippen LogP contribution < -0.4 is 4.90 Å². The molecule has 1 aromatic heterocycles. The molecule has 7 aromatic rings. The average Bonchev–Trinajstić information content (AvgIpc) is 3.56. The summed E-state index contributed by atoms with van der Waals surface area (Å²) in [4.78, 5) is 2.45. The third-order valence-corrected chi connectivity index (χ3v) is 11.7. The van der Waals surface area contributed by atoms with E-state index in [0.29, 0.717) is 0 Å². The van der Waals surface area contributed by atoms with Crippen molar-refractivity contribution in [2.75, 3.05) is 4.90 Å². The van der Waals surface area contributed by atoms with Crippen LogP contribution in [0.25, 0.3) is 42.4 Å². The first-order chi connectivity index (χ1) is 23.3. The summed E-state index contributed by atoms with van der Waals surface area (Å²) in [6.45, 7) is 19.0. The van der Waals surface area contributed by atoms with E-state index in [1.807, 2.05) is 11.3 Å². The Bertz CT molecular complexity index is 2380. The molecule has 0 amide bonds. The van der Waals surface area contributed by atoms with Gasteiger partial charge in [0, 0.05) is 42.5 Å². The monoisotopic (exact) mass is 655 g/mol. The summed E-state index contributed by atoms with van der Waals surface area (Å²) < 4.78 is 2.63. The Morgan fingerprint density at radius 1 is 0.510 bits per heavy atom. The van der Waals surface area contributed by atoms with Crippen molar-refractivity contribution < 1.29 is 0 Å². The fraction of sp³-hybridized carbons (Fsp3) is 0.234. The van der Waals surface area contributed by atoms with Crippen molar-refractivity contribution in [2.45, 2.75) is 71.6 Å². The topological polar surface area (TPSA) is 3.24 Å². The molecule has 6 aromatic carbocycles. The number of hydrogen-bond acceptors (Lipinski definition) is 2. The van der Waals surface area contributed by atoms with Gasteiger partial charge in [-0.2, -0.15) is 0 Å². The van der Waals surface area contributed by atoms with Crippen LogP contribution in [0.5, 0.6) is 0 Å². The van der Waals surface area contributed by atoms with Gasteiger partial charge in [0.2, 0.25) is 0 Å². The second-order valence-corrected chi connectivity index (χ2v) is 17.4. The lowest BCUT2D eigenvalue weighted by Crippen LogP contribution is -2.21. The third-order valence-electron chi connectivity index (χ3n) is 10.5. The zero-order valence-electron chi connectivity index (χ0n) is 30.0. The van der Waals surface area contributed by atoms with E-state index >= 15 is 0 Å². The van der Waals surface area contributed by atoms with E-state index in [9.17, 15) is 0 Å². The summed E-state index contributed by atoms with van der Waals surface area (Å²) >= 11 is 1.87. The maximum Gasteiger partial charge on any atom is 0.0540 e. The summed E-state index contributed by atoms with van der Waals surface area (Å²) in [5.41, 5.74) is 14.4. The van der Waals surface area contributed by atoms with E-state index < -0.39 is 0 Å². The van der Waals surface area contributed by atoms with Crippen LogP contribution in [0.15, 0.2) is 127 Å². The van der Waals surface area contributed by atoms with Crippen molar-refractivity contribution in [2.24, 2.45) is 0 Å². The van der Waals surface area contributed by atoms with Gasteiger partial charge in [0.05, 0.1) is 5.69 Å². The zero-order valence-corrected chi connectivity index (χ0v) is 30.8. The number of rotatable bonds is 4. The van der Waals surface area contributed by atoms with Crippen LogP contribution in [0.3, 0.4) is 0 Å². The van der Waals surface area contributed by atoms with E-state index in [0.717, 1.165) is 11.4 Å². The number of anilines is 3. The van der Waals surface area contributed by atoms with E-state index in [4.69, 9.17) is 0 Å². The average molecular weight is 656 g/mol. The van der Waals surface area contributed by atoms with Gasteiger partial charge < -0.3 is 4.90 Å². The summed E-state index contributed by atoms with van der Waals surface area (Å²) in [7, 11) is 0. The van der Waals surface area contributed by atoms with Crippen LogP contribution in [0.4, 0.5) is 17.1 Å². The highest BCUT2D eigenvalue weighted by Gasteiger charge is 2.41. The fourth-order valence-corrected chi connectivity index (χ4v) is 9.03. The molecule has 1 aliphatic rings. The minimum absolute atomic E-state index is 0.0224. The van der Waals surface area contributed by atoms with Gasteiger partial charge in [-0.25, -0.2) is 0 Å². The van der Waals surface area contributed by atoms with Crippen LogP contribution in [0, 0.1) is 0 Å². The number of benzene rings is 6. The molecular formula is C47H45NS. The lowest BCUT2D eigenvalue weighted by atomic mass is 9.74. The number of hydrogen-bond donors (Lipinski definition) is 0. The van der Waals surface area contributed by atoms with Crippen molar-refractivity contribution in [1.29, 1.82) is 0 Å². The number of para-hydroxylation sites is 2. The molecule has 0 aliphatic heterocycles. The highest BCUT2D eigenvalue weighted by atomic mass is 32.1. The molecule has 1 heterocycles. The molecule has 1 aliphatic carbocycles. The van der Waals surface area contributed by atoms with E-state index in [1.54, 1.807) is 0 Å². The van der Waals surface area contributed by atoms with Crippen LogP contribution in [-0.4, -0.2) is 0 Å². The van der Waals surface area contributed by atoms with Gasteiger partial charge in [-0.1, -0.05) is 146 Å². The van der Waals surface area contributed by atoms with Crippen LogP contribution in [-0.2, 0) is 16.2 Å². The van der Waals surface area contributed by atoms with Gasteiger partial charge in [-0.3, -0.25) is 0 Å². The SMILES string of the molecule is CC(C)(C)c1cc(C(C)(C)C)c2c(c1)C(C)(C)c1cccc(-c3ccccc3N(c3ccccc3)c3ccc4c(c3)sc3ccccc34)c1-2. The molecule has 0 saturated heterocycles. The highest BCUT2D eigenvalue weighted by molar-refractivity contribution is 7.25. The standard InChI is InChI=1S/C47H45NS/c1-45(2,3)30-27-38(46(4,5)6)44-39(28-30)47(7,8)37-22-16-21-36(43(37)44)33-19-12-14-23-40(33)48(31-17-10-9-11-18-31)32-25-26-35-34-20-13-15-24-41(34)49-42(35)29-32/h9-29H,1-8H3. The Morgan fingerprint density at radius 2 is 1.18 bits per heavy atom. The Balaban J connectivity index is 1.40. The largest absolute Gasteiger partial charge is 0.310 e. The van der Waals surface area contributed by atoms with Crippen molar-refractivity contribution in [3.05, 3.63) is 150 Å². The van der Waals surface area contributed by atoms with Crippen molar-refractivity contribution in [3.63, 3.8) is 0 Å². The van der Waals surface area contributed by atoms with Gasteiger partial charge in [-0.05, 0) is 86.2 Å². The summed E-state index contributed by atoms with van der Waals surface area (Å²) in [6.07, 6.45) is 0. The smallest absolute Gasteiger partial charge is 0.0540 e. The van der Waals surface area contributed by atoms with E-state index in [1.165, 1.54) is 70.4 Å². The molecule has 0 fully saturated rings. The van der Waals surface area contributed by atoms with E-state index in [-0.39, 0.29) is 16.2 Å². The minimum Gasteiger partial charge on any atom is -0.310 e. The van der Waals surface area contributed by atoms with E-state index in [2.05, 4.69) is 188 Å². The van der Waals surface area contributed by atoms with Crippen molar-refractivity contribution in [3.8, 4) is 22.3 Å². The summed E-state index contributed by atoms with van der Waals surface area (Å²) in [5, 5.41) is 2.64. The lowest BCUT2D eigenvalue weighted by molar-refractivity contribution is 0.564. The second kappa shape index (κ2) is 11.2. The normalized spacial score (nSPS) is 13.9. The molecule has 0 saturated carbocycles.